The molecule has 10 aromatic rings. The van der Waals surface area contributed by atoms with E-state index >= 15 is 0 Å². The largest absolute Gasteiger partial charge is 0.228 e. The first-order valence-corrected chi connectivity index (χ1v) is 18.9. The molecule has 0 fully saturated rings. The van der Waals surface area contributed by atoms with Crippen LogP contribution in [0.2, 0.25) is 0 Å². The topological polar surface area (TPSA) is 25.8 Å². The summed E-state index contributed by atoms with van der Waals surface area (Å²) >= 11 is 0. The predicted molar refractivity (Wildman–Crippen MR) is 228 cm³/mol. The van der Waals surface area contributed by atoms with E-state index in [-0.39, 0.29) is 0 Å². The van der Waals surface area contributed by atoms with Crippen LogP contribution >= 0.6 is 0 Å². The van der Waals surface area contributed by atoms with Gasteiger partial charge in [-0.25, -0.2) is 9.97 Å². The molecule has 0 bridgehead atoms. The smallest absolute Gasteiger partial charge is 0.160 e. The summed E-state index contributed by atoms with van der Waals surface area (Å²) in [6, 6.07) is 74.6. The Labute approximate surface area is 320 Å². The van der Waals surface area contributed by atoms with Crippen LogP contribution in [0.4, 0.5) is 0 Å². The Morgan fingerprint density at radius 3 is 1.69 bits per heavy atom. The van der Waals surface area contributed by atoms with Crippen LogP contribution in [0.25, 0.3) is 77.3 Å². The van der Waals surface area contributed by atoms with Gasteiger partial charge in [-0.15, -0.1) is 0 Å². The first-order valence-electron chi connectivity index (χ1n) is 18.9. The van der Waals surface area contributed by atoms with Gasteiger partial charge in [0.25, 0.3) is 0 Å². The molecule has 256 valence electrons. The van der Waals surface area contributed by atoms with Gasteiger partial charge in [-0.1, -0.05) is 188 Å². The molecular weight excluding hydrogens is 665 g/mol. The van der Waals surface area contributed by atoms with Gasteiger partial charge in [0.1, 0.15) is 0 Å². The minimum Gasteiger partial charge on any atom is -0.228 e. The van der Waals surface area contributed by atoms with Gasteiger partial charge >= 0.3 is 0 Å². The third-order valence-electron chi connectivity index (χ3n) is 11.5. The van der Waals surface area contributed by atoms with E-state index in [1.165, 1.54) is 65.7 Å². The van der Waals surface area contributed by atoms with Crippen molar-refractivity contribution in [3.8, 4) is 45.0 Å². The van der Waals surface area contributed by atoms with Gasteiger partial charge < -0.3 is 0 Å². The van der Waals surface area contributed by atoms with Crippen LogP contribution in [0, 0.1) is 0 Å². The minimum absolute atomic E-state index is 0.507. The molecule has 1 heterocycles. The van der Waals surface area contributed by atoms with Crippen molar-refractivity contribution in [1.29, 1.82) is 0 Å². The van der Waals surface area contributed by atoms with Gasteiger partial charge in [0.2, 0.25) is 0 Å². The van der Waals surface area contributed by atoms with Gasteiger partial charge in [0, 0.05) is 16.7 Å². The summed E-state index contributed by atoms with van der Waals surface area (Å²) in [7, 11) is 0. The highest BCUT2D eigenvalue weighted by atomic mass is 14.9. The molecule has 0 spiro atoms. The molecule has 1 aliphatic carbocycles. The summed E-state index contributed by atoms with van der Waals surface area (Å²) < 4.78 is 0. The highest BCUT2D eigenvalue weighted by molar-refractivity contribution is 6.21. The van der Waals surface area contributed by atoms with Crippen molar-refractivity contribution in [2.24, 2.45) is 0 Å². The van der Waals surface area contributed by atoms with Crippen LogP contribution in [-0.4, -0.2) is 9.97 Å². The van der Waals surface area contributed by atoms with E-state index in [4.69, 9.17) is 9.97 Å². The molecule has 0 saturated heterocycles. The molecule has 0 amide bonds. The highest BCUT2D eigenvalue weighted by Crippen LogP contribution is 2.56. The lowest BCUT2D eigenvalue weighted by molar-refractivity contribution is 0.768. The van der Waals surface area contributed by atoms with E-state index in [0.717, 1.165) is 28.1 Å². The third-order valence-corrected chi connectivity index (χ3v) is 11.5. The Morgan fingerprint density at radius 2 is 0.927 bits per heavy atom. The lowest BCUT2D eigenvalue weighted by atomic mass is 9.67. The number of aromatic nitrogens is 2. The molecule has 1 aromatic heterocycles. The third kappa shape index (κ3) is 4.82. The molecule has 0 unspecified atom stereocenters. The van der Waals surface area contributed by atoms with Gasteiger partial charge in [-0.2, -0.15) is 0 Å². The van der Waals surface area contributed by atoms with Crippen LogP contribution in [0.5, 0.6) is 0 Å². The molecular formula is C53H34N2. The Morgan fingerprint density at radius 1 is 0.345 bits per heavy atom. The first-order chi connectivity index (χ1) is 27.3. The van der Waals surface area contributed by atoms with Crippen LogP contribution in [0.1, 0.15) is 22.3 Å². The maximum absolute atomic E-state index is 5.42. The van der Waals surface area contributed by atoms with Gasteiger partial charge in [0.15, 0.2) is 5.82 Å². The summed E-state index contributed by atoms with van der Waals surface area (Å²) in [5, 5.41) is 7.18. The number of nitrogens with zero attached hydrogens (tertiary/aromatic N) is 2. The fourth-order valence-electron chi connectivity index (χ4n) is 9.15. The monoisotopic (exact) mass is 698 g/mol. The summed E-state index contributed by atoms with van der Waals surface area (Å²) in [6.07, 6.45) is 0. The number of hydrogen-bond donors (Lipinski definition) is 0. The number of fused-ring (bicyclic) bond motifs is 7. The average molecular weight is 699 g/mol. The fourth-order valence-corrected chi connectivity index (χ4v) is 9.15. The lowest BCUT2D eigenvalue weighted by Gasteiger charge is -2.34. The zero-order valence-electron chi connectivity index (χ0n) is 30.0. The minimum atomic E-state index is -0.507. The molecule has 9 aromatic carbocycles. The van der Waals surface area contributed by atoms with Crippen LogP contribution in [0.3, 0.4) is 0 Å². The SMILES string of the molecule is c1ccc(-c2nc(-c3ccc4c(c3)C(c3ccccc3)(c3ccccc3)c3ccccc3-4)cc(-c3c4ccccc4cc4ccc5ccccc5c34)n2)cc1. The Bertz CT molecular complexity index is 3040. The van der Waals surface area contributed by atoms with Crippen molar-refractivity contribution in [3.63, 3.8) is 0 Å². The first kappa shape index (κ1) is 31.4. The van der Waals surface area contributed by atoms with E-state index in [1.54, 1.807) is 0 Å². The Balaban J connectivity index is 1.23. The zero-order valence-corrected chi connectivity index (χ0v) is 30.0. The van der Waals surface area contributed by atoms with Crippen molar-refractivity contribution in [3.05, 3.63) is 229 Å². The van der Waals surface area contributed by atoms with Crippen molar-refractivity contribution < 1.29 is 0 Å². The maximum Gasteiger partial charge on any atom is 0.160 e. The zero-order chi connectivity index (χ0) is 36.3. The van der Waals surface area contributed by atoms with Crippen molar-refractivity contribution in [2.45, 2.75) is 5.41 Å². The predicted octanol–water partition coefficient (Wildman–Crippen LogP) is 13.3. The Kier molecular flexibility index (Phi) is 7.11. The normalized spacial score (nSPS) is 12.9. The van der Waals surface area contributed by atoms with E-state index in [2.05, 4.69) is 200 Å². The molecule has 2 heteroatoms. The standard InChI is InChI=1S/C53H34N2/c1-4-17-36(18-5-1)52-54-48(34-49(55-52)51-43-25-13-11-19-37(43)32-39-29-28-35-16-10-12-24-42(35)50(39)51)38-30-31-45-44-26-14-15-27-46(44)53(47(45)33-38,40-20-6-2-7-21-40)41-22-8-3-9-23-41/h1-34H. The van der Waals surface area contributed by atoms with Gasteiger partial charge in [0.05, 0.1) is 16.8 Å². The molecule has 11 rings (SSSR count). The number of benzene rings is 9. The highest BCUT2D eigenvalue weighted by Gasteiger charge is 2.46. The quantitative estimate of drug-likeness (QED) is 0.132. The molecule has 55 heavy (non-hydrogen) atoms. The van der Waals surface area contributed by atoms with E-state index < -0.39 is 5.41 Å². The molecule has 1 aliphatic rings. The number of hydrogen-bond acceptors (Lipinski definition) is 2. The molecule has 0 N–H and O–H groups in total. The van der Waals surface area contributed by atoms with Crippen LogP contribution < -0.4 is 0 Å². The van der Waals surface area contributed by atoms with Crippen molar-refractivity contribution >= 4 is 32.3 Å². The summed E-state index contributed by atoms with van der Waals surface area (Å²) in [5.41, 5.74) is 12.0. The van der Waals surface area contributed by atoms with E-state index in [1.807, 2.05) is 6.07 Å². The second-order valence-corrected chi connectivity index (χ2v) is 14.5. The van der Waals surface area contributed by atoms with Gasteiger partial charge in [-0.3, -0.25) is 0 Å². The second kappa shape index (κ2) is 12.5. The maximum atomic E-state index is 5.42. The number of rotatable bonds is 5. The molecule has 0 aliphatic heterocycles. The molecule has 0 radical (unpaired) electrons. The summed E-state index contributed by atoms with van der Waals surface area (Å²) in [6.45, 7) is 0. The van der Waals surface area contributed by atoms with Crippen molar-refractivity contribution in [1.82, 2.24) is 9.97 Å². The average Bonchev–Trinajstić information content (AvgIpc) is 3.56. The van der Waals surface area contributed by atoms with Gasteiger partial charge in [-0.05, 0) is 83.9 Å². The molecule has 0 saturated carbocycles. The van der Waals surface area contributed by atoms with Crippen LogP contribution in [0.15, 0.2) is 206 Å². The Hall–Kier alpha value is -7.16. The van der Waals surface area contributed by atoms with Crippen molar-refractivity contribution in [2.75, 3.05) is 0 Å². The van der Waals surface area contributed by atoms with Crippen LogP contribution in [-0.2, 0) is 5.41 Å². The summed E-state index contributed by atoms with van der Waals surface area (Å²) in [5.74, 6) is 0.704. The van der Waals surface area contributed by atoms with E-state index in [9.17, 15) is 0 Å². The molecule has 2 nitrogen and oxygen atoms in total. The summed E-state index contributed by atoms with van der Waals surface area (Å²) in [4.78, 5) is 10.8. The second-order valence-electron chi connectivity index (χ2n) is 14.5. The van der Waals surface area contributed by atoms with E-state index in [0.29, 0.717) is 5.82 Å². The fraction of sp³-hybridized carbons (Fsp3) is 0.0189. The molecule has 0 atom stereocenters. The lowest BCUT2D eigenvalue weighted by Crippen LogP contribution is -2.28.